The number of cyclic esters (lactones) is 1. The van der Waals surface area contributed by atoms with Crippen LogP contribution in [-0.4, -0.2) is 58.9 Å². The number of allylic oxidation sites excluding steroid dienone is 1. The Balaban J connectivity index is 1.13. The highest BCUT2D eigenvalue weighted by molar-refractivity contribution is 5.90. The van der Waals surface area contributed by atoms with Crippen LogP contribution in [0.5, 0.6) is 0 Å². The van der Waals surface area contributed by atoms with Crippen LogP contribution in [0.4, 0.5) is 0 Å². The summed E-state index contributed by atoms with van der Waals surface area (Å²) >= 11 is 0. The second-order valence-corrected chi connectivity index (χ2v) is 13.6. The van der Waals surface area contributed by atoms with Gasteiger partial charge >= 0.3 is 5.97 Å². The lowest BCUT2D eigenvalue weighted by atomic mass is 10.0. The largest absolute Gasteiger partial charge is 0.455 e. The van der Waals surface area contributed by atoms with E-state index in [9.17, 15) is 15.0 Å². The Morgan fingerprint density at radius 1 is 0.791 bits per heavy atom. The maximum atomic E-state index is 11.7. The van der Waals surface area contributed by atoms with Crippen molar-refractivity contribution in [3.63, 3.8) is 0 Å². The number of aliphatic hydroxyl groups is 2. The van der Waals surface area contributed by atoms with Gasteiger partial charge in [0.25, 0.3) is 0 Å². The molecule has 0 spiro atoms. The Bertz CT molecular complexity index is 809. The smallest absolute Gasteiger partial charge is 0.334 e. The van der Waals surface area contributed by atoms with E-state index in [1.54, 1.807) is 0 Å². The van der Waals surface area contributed by atoms with Crippen molar-refractivity contribution >= 4 is 5.97 Å². The first kappa shape index (κ1) is 36.3. The third-order valence-electron chi connectivity index (χ3n) is 9.59. The highest BCUT2D eigenvalue weighted by atomic mass is 16.6. The van der Waals surface area contributed by atoms with E-state index in [2.05, 4.69) is 19.1 Å². The number of rotatable bonds is 24. The van der Waals surface area contributed by atoms with Crippen LogP contribution >= 0.6 is 0 Å². The molecule has 2 fully saturated rings. The van der Waals surface area contributed by atoms with Crippen molar-refractivity contribution in [3.05, 3.63) is 23.8 Å². The first-order valence-corrected chi connectivity index (χ1v) is 18.2. The van der Waals surface area contributed by atoms with E-state index in [4.69, 9.17) is 14.2 Å². The SMILES string of the molecule is CCCCCCCCCCCC[C@@H](O)[C@H]1CC[C@@H]([C@@H]2CC[C@@H](C/C=C/CCCCCC[C@@H](O)CC3=C[C@H](C)OC3=O)O2)O1. The molecule has 43 heavy (non-hydrogen) atoms. The van der Waals surface area contributed by atoms with Gasteiger partial charge in [-0.1, -0.05) is 103 Å². The van der Waals surface area contributed by atoms with Gasteiger partial charge in [-0.05, 0) is 70.8 Å². The number of aliphatic hydroxyl groups excluding tert-OH is 2. The summed E-state index contributed by atoms with van der Waals surface area (Å²) in [4.78, 5) is 11.7. The standard InChI is InChI=1S/C37H64O6/c1-3-4-5-6-7-8-9-13-16-19-22-33(39)34-25-26-36(43-34)35-24-23-32(42-35)21-18-15-12-10-11-14-17-20-31(38)28-30-27-29(2)41-37(30)40/h15,18,27,29,31-36,38-39H,3-14,16-17,19-26,28H2,1-2H3/b18-15+/t29-,31+,32+,33+,34+,35-,36-/m0/s1. The van der Waals surface area contributed by atoms with E-state index in [-0.39, 0.29) is 42.6 Å². The maximum Gasteiger partial charge on any atom is 0.334 e. The van der Waals surface area contributed by atoms with Crippen LogP contribution in [0.15, 0.2) is 23.8 Å². The van der Waals surface area contributed by atoms with Crippen LogP contribution in [0, 0.1) is 0 Å². The molecule has 0 radical (unpaired) electrons. The molecule has 3 aliphatic heterocycles. The quantitative estimate of drug-likeness (QED) is 0.0651. The zero-order valence-electron chi connectivity index (χ0n) is 27.6. The van der Waals surface area contributed by atoms with E-state index in [0.29, 0.717) is 12.0 Å². The van der Waals surface area contributed by atoms with Crippen LogP contribution < -0.4 is 0 Å². The van der Waals surface area contributed by atoms with Crippen LogP contribution in [0.2, 0.25) is 0 Å². The van der Waals surface area contributed by atoms with Crippen molar-refractivity contribution in [2.24, 2.45) is 0 Å². The highest BCUT2D eigenvalue weighted by Crippen LogP contribution is 2.34. The number of unbranched alkanes of at least 4 members (excludes halogenated alkanes) is 13. The van der Waals surface area contributed by atoms with Gasteiger partial charge in [0.15, 0.2) is 0 Å². The number of carbonyl (C=O) groups is 1. The van der Waals surface area contributed by atoms with Gasteiger partial charge in [-0.3, -0.25) is 0 Å². The Kier molecular flexibility index (Phi) is 18.1. The molecule has 0 aliphatic carbocycles. The first-order valence-electron chi connectivity index (χ1n) is 18.2. The van der Waals surface area contributed by atoms with E-state index in [1.165, 1.54) is 57.8 Å². The van der Waals surface area contributed by atoms with Gasteiger partial charge in [-0.2, -0.15) is 0 Å². The highest BCUT2D eigenvalue weighted by Gasteiger charge is 2.38. The second kappa shape index (κ2) is 21.5. The summed E-state index contributed by atoms with van der Waals surface area (Å²) in [6.45, 7) is 4.11. The number of hydrogen-bond donors (Lipinski definition) is 2. The Hall–Kier alpha value is -1.21. The molecule has 0 aromatic heterocycles. The van der Waals surface area contributed by atoms with Gasteiger partial charge in [0.1, 0.15) is 6.10 Å². The van der Waals surface area contributed by atoms with Gasteiger partial charge in [0.05, 0.1) is 36.6 Å². The van der Waals surface area contributed by atoms with Gasteiger partial charge in [0.2, 0.25) is 0 Å². The minimum absolute atomic E-state index is 0.0123. The molecular formula is C37H64O6. The molecule has 2 saturated heterocycles. The van der Waals surface area contributed by atoms with Crippen molar-refractivity contribution in [1.82, 2.24) is 0 Å². The van der Waals surface area contributed by atoms with Crippen molar-refractivity contribution in [1.29, 1.82) is 0 Å². The molecule has 7 atom stereocenters. The molecule has 2 N–H and O–H groups in total. The van der Waals surface area contributed by atoms with Crippen molar-refractivity contribution in [3.8, 4) is 0 Å². The zero-order chi connectivity index (χ0) is 30.7. The predicted octanol–water partition coefficient (Wildman–Crippen LogP) is 8.66. The fourth-order valence-electron chi connectivity index (χ4n) is 6.95. The average Bonchev–Trinajstić information content (AvgIpc) is 3.73. The normalized spacial score (nSPS) is 27.2. The van der Waals surface area contributed by atoms with Crippen molar-refractivity contribution < 1.29 is 29.2 Å². The summed E-state index contributed by atoms with van der Waals surface area (Å²) in [5.74, 6) is -0.276. The van der Waals surface area contributed by atoms with E-state index in [0.717, 1.165) is 83.5 Å². The fourth-order valence-corrected chi connectivity index (χ4v) is 6.95. The summed E-state index contributed by atoms with van der Waals surface area (Å²) in [6.07, 6.45) is 31.8. The number of carbonyl (C=O) groups excluding carboxylic acids is 1. The van der Waals surface area contributed by atoms with Crippen LogP contribution in [-0.2, 0) is 19.0 Å². The molecule has 0 aromatic carbocycles. The number of ether oxygens (including phenoxy) is 3. The molecule has 6 heteroatoms. The molecule has 0 bridgehead atoms. The monoisotopic (exact) mass is 604 g/mol. The fraction of sp³-hybridized carbons (Fsp3) is 0.865. The molecule has 0 aromatic rings. The molecule has 3 rings (SSSR count). The molecule has 248 valence electrons. The Labute approximate surface area is 263 Å². The summed E-state index contributed by atoms with van der Waals surface area (Å²) < 4.78 is 17.8. The third-order valence-corrected chi connectivity index (χ3v) is 9.59. The lowest BCUT2D eigenvalue weighted by Gasteiger charge is -2.22. The molecule has 3 aliphatic rings. The number of hydrogen-bond acceptors (Lipinski definition) is 6. The summed E-state index contributed by atoms with van der Waals surface area (Å²) in [5.41, 5.74) is 0.622. The van der Waals surface area contributed by atoms with Gasteiger partial charge in [-0.15, -0.1) is 0 Å². The Morgan fingerprint density at radius 2 is 1.42 bits per heavy atom. The summed E-state index contributed by atoms with van der Waals surface area (Å²) in [5, 5.41) is 20.9. The lowest BCUT2D eigenvalue weighted by Crippen LogP contribution is -2.31. The molecule has 0 saturated carbocycles. The van der Waals surface area contributed by atoms with E-state index < -0.39 is 6.10 Å². The van der Waals surface area contributed by atoms with Crippen LogP contribution in [0.25, 0.3) is 0 Å². The summed E-state index contributed by atoms with van der Waals surface area (Å²) in [6, 6.07) is 0. The molecule has 0 amide bonds. The van der Waals surface area contributed by atoms with Crippen LogP contribution in [0.1, 0.15) is 162 Å². The molecule has 6 nitrogen and oxygen atoms in total. The minimum Gasteiger partial charge on any atom is -0.455 e. The second-order valence-electron chi connectivity index (χ2n) is 13.6. The average molecular weight is 605 g/mol. The van der Waals surface area contributed by atoms with Crippen LogP contribution in [0.3, 0.4) is 0 Å². The number of esters is 1. The predicted molar refractivity (Wildman–Crippen MR) is 174 cm³/mol. The van der Waals surface area contributed by atoms with Gasteiger partial charge < -0.3 is 24.4 Å². The molecule has 3 heterocycles. The minimum atomic E-state index is -0.459. The van der Waals surface area contributed by atoms with E-state index in [1.807, 2.05) is 13.0 Å². The summed E-state index contributed by atoms with van der Waals surface area (Å²) in [7, 11) is 0. The van der Waals surface area contributed by atoms with Crippen molar-refractivity contribution in [2.45, 2.75) is 204 Å². The molecular weight excluding hydrogens is 540 g/mol. The van der Waals surface area contributed by atoms with Gasteiger partial charge in [-0.25, -0.2) is 4.79 Å². The Morgan fingerprint density at radius 3 is 2.12 bits per heavy atom. The molecule has 0 unspecified atom stereocenters. The van der Waals surface area contributed by atoms with E-state index >= 15 is 0 Å². The van der Waals surface area contributed by atoms with Crippen molar-refractivity contribution in [2.75, 3.05) is 0 Å². The topological polar surface area (TPSA) is 85.2 Å². The third kappa shape index (κ3) is 14.6. The first-order chi connectivity index (χ1) is 21.0. The zero-order valence-corrected chi connectivity index (χ0v) is 27.6. The maximum absolute atomic E-state index is 11.7. The lowest BCUT2D eigenvalue weighted by molar-refractivity contribution is -0.139. The van der Waals surface area contributed by atoms with Gasteiger partial charge in [0, 0.05) is 12.0 Å².